The number of rotatable bonds is 4. The number of nitrogens with one attached hydrogen (secondary N) is 1. The van der Waals surface area contributed by atoms with Crippen LogP contribution in [0.4, 0.5) is 0 Å². The first-order valence-electron chi connectivity index (χ1n) is 4.87. The van der Waals surface area contributed by atoms with Gasteiger partial charge in [-0.3, -0.25) is 4.79 Å². The average molecular weight is 238 g/mol. The van der Waals surface area contributed by atoms with E-state index in [9.17, 15) is 4.79 Å². The van der Waals surface area contributed by atoms with Crippen LogP contribution in [0.15, 0.2) is 18.3 Å². The van der Waals surface area contributed by atoms with Gasteiger partial charge in [-0.05, 0) is 18.1 Å². The van der Waals surface area contributed by atoms with Gasteiger partial charge in [0.05, 0.1) is 5.56 Å². The second-order valence-corrected chi connectivity index (χ2v) is 3.82. The predicted molar refractivity (Wildman–Crippen MR) is 61.2 cm³/mol. The summed E-state index contributed by atoms with van der Waals surface area (Å²) >= 11 is 5.62. The molecular weight excluding hydrogens is 226 g/mol. The molecular formula is C11H12ClN3O. The lowest BCUT2D eigenvalue weighted by Crippen LogP contribution is -2.29. The lowest BCUT2D eigenvalue weighted by molar-refractivity contribution is 0.0944. The van der Waals surface area contributed by atoms with E-state index < -0.39 is 0 Å². The summed E-state index contributed by atoms with van der Waals surface area (Å²) in [7, 11) is 0. The molecule has 1 unspecified atom stereocenters. The highest BCUT2D eigenvalue weighted by Gasteiger charge is 2.08. The van der Waals surface area contributed by atoms with Gasteiger partial charge in [-0.2, -0.15) is 5.26 Å². The van der Waals surface area contributed by atoms with Gasteiger partial charge in [0, 0.05) is 18.6 Å². The van der Waals surface area contributed by atoms with Gasteiger partial charge in [-0.1, -0.05) is 6.92 Å². The van der Waals surface area contributed by atoms with Gasteiger partial charge in [0.2, 0.25) is 0 Å². The maximum atomic E-state index is 11.6. The van der Waals surface area contributed by atoms with Gasteiger partial charge in [0.1, 0.15) is 11.8 Å². The van der Waals surface area contributed by atoms with Crippen LogP contribution in [0.1, 0.15) is 23.0 Å². The number of carbonyl (C=O) groups is 1. The van der Waals surface area contributed by atoms with Gasteiger partial charge in [0.25, 0.3) is 5.91 Å². The van der Waals surface area contributed by atoms with E-state index in [0.717, 1.165) is 0 Å². The van der Waals surface area contributed by atoms with Crippen molar-refractivity contribution in [2.24, 2.45) is 5.92 Å². The first-order chi connectivity index (χ1) is 7.67. The first kappa shape index (κ1) is 12.5. The fourth-order valence-corrected chi connectivity index (χ4v) is 1.12. The van der Waals surface area contributed by atoms with Crippen LogP contribution in [0.5, 0.6) is 0 Å². The number of nitriles is 1. The Hall–Kier alpha value is -1.60. The number of hydrogen-bond acceptors (Lipinski definition) is 3. The smallest absolute Gasteiger partial charge is 0.269 e. The summed E-state index contributed by atoms with van der Waals surface area (Å²) in [6.07, 6.45) is 1.37. The molecule has 84 valence electrons. The summed E-state index contributed by atoms with van der Waals surface area (Å²) in [5, 5.41) is 11.3. The van der Waals surface area contributed by atoms with E-state index in [1.807, 2.05) is 13.0 Å². The second-order valence-electron chi connectivity index (χ2n) is 3.51. The van der Waals surface area contributed by atoms with E-state index in [2.05, 4.69) is 10.3 Å². The third-order valence-corrected chi connectivity index (χ3v) is 2.53. The van der Waals surface area contributed by atoms with Gasteiger partial charge in [-0.15, -0.1) is 11.6 Å². The van der Waals surface area contributed by atoms with Crippen molar-refractivity contribution in [2.75, 3.05) is 12.4 Å². The minimum absolute atomic E-state index is 0.226. The molecule has 1 aromatic rings. The molecule has 0 aromatic carbocycles. The van der Waals surface area contributed by atoms with Gasteiger partial charge in [0.15, 0.2) is 0 Å². The lowest BCUT2D eigenvalue weighted by atomic mass is 10.2. The number of amides is 1. The normalized spacial score (nSPS) is 11.6. The van der Waals surface area contributed by atoms with Crippen molar-refractivity contribution in [3.63, 3.8) is 0 Å². The number of hydrogen-bond donors (Lipinski definition) is 1. The molecule has 0 fully saturated rings. The zero-order valence-corrected chi connectivity index (χ0v) is 9.66. The summed E-state index contributed by atoms with van der Waals surface area (Å²) in [6, 6.07) is 5.03. The minimum Gasteiger partial charge on any atom is -0.350 e. The highest BCUT2D eigenvalue weighted by Crippen LogP contribution is 2.00. The maximum Gasteiger partial charge on any atom is 0.269 e. The van der Waals surface area contributed by atoms with E-state index in [1.54, 1.807) is 6.07 Å². The largest absolute Gasteiger partial charge is 0.350 e. The summed E-state index contributed by atoms with van der Waals surface area (Å²) in [5.41, 5.74) is 0.742. The Bertz CT molecular complexity index is 397. The second kappa shape index (κ2) is 6.09. The quantitative estimate of drug-likeness (QED) is 0.809. The molecule has 0 aliphatic rings. The molecule has 1 N–H and O–H groups in total. The van der Waals surface area contributed by atoms with E-state index in [-0.39, 0.29) is 11.8 Å². The van der Waals surface area contributed by atoms with E-state index in [4.69, 9.17) is 16.9 Å². The van der Waals surface area contributed by atoms with E-state index in [0.29, 0.717) is 23.7 Å². The zero-order chi connectivity index (χ0) is 12.0. The Kier molecular flexibility index (Phi) is 4.74. The molecule has 16 heavy (non-hydrogen) atoms. The van der Waals surface area contributed by atoms with Crippen LogP contribution in [0.25, 0.3) is 0 Å². The monoisotopic (exact) mass is 237 g/mol. The summed E-state index contributed by atoms with van der Waals surface area (Å²) in [6.45, 7) is 2.46. The van der Waals surface area contributed by atoms with Gasteiger partial charge < -0.3 is 5.32 Å². The van der Waals surface area contributed by atoms with Crippen molar-refractivity contribution in [3.8, 4) is 6.07 Å². The van der Waals surface area contributed by atoms with Crippen LogP contribution < -0.4 is 5.32 Å². The zero-order valence-electron chi connectivity index (χ0n) is 8.90. The van der Waals surface area contributed by atoms with Crippen molar-refractivity contribution < 1.29 is 4.79 Å². The Balaban J connectivity index is 2.57. The fourth-order valence-electron chi connectivity index (χ4n) is 1.01. The molecule has 0 spiro atoms. The molecule has 5 heteroatoms. The van der Waals surface area contributed by atoms with Gasteiger partial charge in [-0.25, -0.2) is 4.98 Å². The molecule has 1 heterocycles. The molecule has 1 rings (SSSR count). The topological polar surface area (TPSA) is 65.8 Å². The predicted octanol–water partition coefficient (Wildman–Crippen LogP) is 1.56. The maximum absolute atomic E-state index is 11.6. The van der Waals surface area contributed by atoms with Crippen LogP contribution in [0, 0.1) is 17.2 Å². The molecule has 0 saturated carbocycles. The molecule has 0 bridgehead atoms. The first-order valence-corrected chi connectivity index (χ1v) is 5.41. The van der Waals surface area contributed by atoms with E-state index in [1.165, 1.54) is 12.3 Å². The van der Waals surface area contributed by atoms with Crippen molar-refractivity contribution in [1.82, 2.24) is 10.3 Å². The average Bonchev–Trinajstić information content (AvgIpc) is 2.35. The molecule has 1 amide bonds. The Morgan fingerprint density at radius 2 is 2.44 bits per heavy atom. The number of pyridine rings is 1. The van der Waals surface area contributed by atoms with Crippen molar-refractivity contribution in [3.05, 3.63) is 29.6 Å². The van der Waals surface area contributed by atoms with Crippen LogP contribution in [-0.2, 0) is 0 Å². The molecule has 1 aromatic heterocycles. The molecule has 0 aliphatic heterocycles. The van der Waals surface area contributed by atoms with Crippen molar-refractivity contribution >= 4 is 17.5 Å². The summed E-state index contributed by atoms with van der Waals surface area (Å²) < 4.78 is 0. The third-order valence-electron chi connectivity index (χ3n) is 2.00. The minimum atomic E-state index is -0.249. The number of halogens is 1. The van der Waals surface area contributed by atoms with Crippen LogP contribution in [0.2, 0.25) is 0 Å². The number of carbonyl (C=O) groups excluding carboxylic acids is 1. The molecule has 0 aliphatic carbocycles. The molecule has 1 atom stereocenters. The molecule has 0 radical (unpaired) electrons. The lowest BCUT2D eigenvalue weighted by Gasteiger charge is -2.08. The highest BCUT2D eigenvalue weighted by atomic mass is 35.5. The van der Waals surface area contributed by atoms with Crippen molar-refractivity contribution in [2.45, 2.75) is 6.92 Å². The van der Waals surface area contributed by atoms with Crippen molar-refractivity contribution in [1.29, 1.82) is 5.26 Å². The Labute approximate surface area is 99.2 Å². The highest BCUT2D eigenvalue weighted by molar-refractivity contribution is 6.18. The molecule has 4 nitrogen and oxygen atoms in total. The standard InChI is InChI=1S/C11H12ClN3O/c1-8(4-12)6-15-11(16)10-3-2-9(5-13)7-14-10/h2-3,7-8H,4,6H2,1H3,(H,15,16). The Morgan fingerprint density at radius 3 is 2.94 bits per heavy atom. The number of aromatic nitrogens is 1. The molecule has 0 saturated heterocycles. The van der Waals surface area contributed by atoms with Crippen LogP contribution >= 0.6 is 11.6 Å². The number of nitrogens with zero attached hydrogens (tertiary/aromatic N) is 2. The van der Waals surface area contributed by atoms with Crippen LogP contribution in [0.3, 0.4) is 0 Å². The van der Waals surface area contributed by atoms with Crippen LogP contribution in [-0.4, -0.2) is 23.3 Å². The summed E-state index contributed by atoms with van der Waals surface area (Å²) in [4.78, 5) is 15.5. The number of alkyl halides is 1. The Morgan fingerprint density at radius 1 is 1.69 bits per heavy atom. The fraction of sp³-hybridized carbons (Fsp3) is 0.364. The SMILES string of the molecule is CC(CCl)CNC(=O)c1ccc(C#N)cn1. The third kappa shape index (κ3) is 3.52. The summed E-state index contributed by atoms with van der Waals surface area (Å²) in [5.74, 6) is 0.478. The van der Waals surface area contributed by atoms with E-state index >= 15 is 0 Å². The van der Waals surface area contributed by atoms with Gasteiger partial charge >= 0.3 is 0 Å².